The molecule has 0 aliphatic rings. The second kappa shape index (κ2) is 4.39. The summed E-state index contributed by atoms with van der Waals surface area (Å²) in [5.74, 6) is 0.00167. The van der Waals surface area contributed by atoms with Gasteiger partial charge in [-0.3, -0.25) is 0 Å². The van der Waals surface area contributed by atoms with Gasteiger partial charge in [0.1, 0.15) is 0 Å². The molecule has 5 heteroatoms. The SMILES string of the molecule is CCN(CC)S(=O)(=O)CC(C)(C)N. The Bertz CT molecular complexity index is 237. The van der Waals surface area contributed by atoms with Crippen LogP contribution in [0, 0.1) is 0 Å². The summed E-state index contributed by atoms with van der Waals surface area (Å²) in [6.07, 6.45) is 0. The van der Waals surface area contributed by atoms with Crippen molar-refractivity contribution in [2.24, 2.45) is 5.73 Å². The number of sulfonamides is 1. The van der Waals surface area contributed by atoms with E-state index in [-0.39, 0.29) is 5.75 Å². The summed E-state index contributed by atoms with van der Waals surface area (Å²) in [5, 5.41) is 0. The third-order valence-corrected chi connectivity index (χ3v) is 4.07. The van der Waals surface area contributed by atoms with Crippen molar-refractivity contribution < 1.29 is 8.42 Å². The van der Waals surface area contributed by atoms with Gasteiger partial charge in [0.2, 0.25) is 10.0 Å². The first-order chi connectivity index (χ1) is 5.73. The first-order valence-electron chi connectivity index (χ1n) is 4.49. The molecular formula is C8H20N2O2S. The fraction of sp³-hybridized carbons (Fsp3) is 1.00. The Hall–Kier alpha value is -0.130. The second-order valence-corrected chi connectivity index (χ2v) is 5.80. The summed E-state index contributed by atoms with van der Waals surface area (Å²) in [4.78, 5) is 0. The van der Waals surface area contributed by atoms with Crippen LogP contribution in [0.25, 0.3) is 0 Å². The highest BCUT2D eigenvalue weighted by atomic mass is 32.2. The van der Waals surface area contributed by atoms with Gasteiger partial charge >= 0.3 is 0 Å². The molecule has 0 aromatic rings. The van der Waals surface area contributed by atoms with E-state index in [0.717, 1.165) is 0 Å². The standard InChI is InChI=1S/C8H20N2O2S/c1-5-10(6-2)13(11,12)7-8(3,4)9/h5-7,9H2,1-4H3. The van der Waals surface area contributed by atoms with Crippen LogP contribution < -0.4 is 5.73 Å². The fourth-order valence-electron chi connectivity index (χ4n) is 1.18. The maximum absolute atomic E-state index is 11.7. The van der Waals surface area contributed by atoms with Gasteiger partial charge in [0, 0.05) is 18.6 Å². The van der Waals surface area contributed by atoms with Gasteiger partial charge in [-0.15, -0.1) is 0 Å². The van der Waals surface area contributed by atoms with Crippen LogP contribution in [0.15, 0.2) is 0 Å². The molecule has 0 spiro atoms. The minimum absolute atomic E-state index is 0.00167. The fourth-order valence-corrected chi connectivity index (χ4v) is 3.09. The molecule has 0 aliphatic carbocycles. The van der Waals surface area contributed by atoms with E-state index in [0.29, 0.717) is 13.1 Å². The molecule has 0 saturated heterocycles. The van der Waals surface area contributed by atoms with Gasteiger partial charge < -0.3 is 5.73 Å². The van der Waals surface area contributed by atoms with Crippen molar-refractivity contribution in [1.82, 2.24) is 4.31 Å². The first kappa shape index (κ1) is 12.9. The zero-order chi connectivity index (χ0) is 10.7. The lowest BCUT2D eigenvalue weighted by atomic mass is 10.1. The predicted octanol–water partition coefficient (Wildman–Crippen LogP) is 0.395. The van der Waals surface area contributed by atoms with E-state index in [4.69, 9.17) is 5.73 Å². The minimum atomic E-state index is -3.17. The smallest absolute Gasteiger partial charge is 0.215 e. The van der Waals surface area contributed by atoms with Crippen molar-refractivity contribution in [1.29, 1.82) is 0 Å². The summed E-state index contributed by atoms with van der Waals surface area (Å²) in [7, 11) is -3.17. The van der Waals surface area contributed by atoms with Crippen LogP contribution in [0.4, 0.5) is 0 Å². The number of nitrogens with two attached hydrogens (primary N) is 1. The Kier molecular flexibility index (Phi) is 4.35. The Morgan fingerprint density at radius 2 is 1.62 bits per heavy atom. The van der Waals surface area contributed by atoms with Crippen LogP contribution in [0.2, 0.25) is 0 Å². The molecule has 0 fully saturated rings. The molecule has 2 N–H and O–H groups in total. The summed E-state index contributed by atoms with van der Waals surface area (Å²) in [5.41, 5.74) is 5.00. The summed E-state index contributed by atoms with van der Waals surface area (Å²) < 4.78 is 24.7. The molecule has 0 saturated carbocycles. The minimum Gasteiger partial charge on any atom is -0.325 e. The Morgan fingerprint density at radius 3 is 1.85 bits per heavy atom. The third kappa shape index (κ3) is 4.59. The summed E-state index contributed by atoms with van der Waals surface area (Å²) in [6.45, 7) is 8.10. The number of hydrogen-bond donors (Lipinski definition) is 1. The highest BCUT2D eigenvalue weighted by Gasteiger charge is 2.26. The second-order valence-electron chi connectivity index (χ2n) is 3.83. The normalized spacial score (nSPS) is 13.7. The first-order valence-corrected chi connectivity index (χ1v) is 6.10. The zero-order valence-electron chi connectivity index (χ0n) is 8.87. The molecule has 0 heterocycles. The van der Waals surface area contributed by atoms with Crippen molar-refractivity contribution in [2.75, 3.05) is 18.8 Å². The van der Waals surface area contributed by atoms with Crippen molar-refractivity contribution in [3.8, 4) is 0 Å². The molecular weight excluding hydrogens is 188 g/mol. The molecule has 0 bridgehead atoms. The molecule has 0 unspecified atom stereocenters. The lowest BCUT2D eigenvalue weighted by Gasteiger charge is -2.24. The van der Waals surface area contributed by atoms with E-state index >= 15 is 0 Å². The van der Waals surface area contributed by atoms with Gasteiger partial charge in [0.15, 0.2) is 0 Å². The molecule has 80 valence electrons. The van der Waals surface area contributed by atoms with E-state index in [1.807, 2.05) is 13.8 Å². The van der Waals surface area contributed by atoms with Gasteiger partial charge in [-0.2, -0.15) is 0 Å². The summed E-state index contributed by atoms with van der Waals surface area (Å²) >= 11 is 0. The molecule has 0 amide bonds. The predicted molar refractivity (Wildman–Crippen MR) is 55.0 cm³/mol. The molecule has 0 atom stereocenters. The number of rotatable bonds is 5. The van der Waals surface area contributed by atoms with Crippen LogP contribution in [-0.2, 0) is 10.0 Å². The quantitative estimate of drug-likeness (QED) is 0.711. The largest absolute Gasteiger partial charge is 0.325 e. The molecule has 13 heavy (non-hydrogen) atoms. The van der Waals surface area contributed by atoms with Gasteiger partial charge in [0.25, 0.3) is 0 Å². The molecule has 4 nitrogen and oxygen atoms in total. The molecule has 0 aliphatic heterocycles. The van der Waals surface area contributed by atoms with Crippen LogP contribution in [0.5, 0.6) is 0 Å². The average molecular weight is 208 g/mol. The van der Waals surface area contributed by atoms with E-state index in [9.17, 15) is 8.42 Å². The van der Waals surface area contributed by atoms with Crippen LogP contribution in [-0.4, -0.2) is 37.1 Å². The number of nitrogens with zero attached hydrogens (tertiary/aromatic N) is 1. The maximum atomic E-state index is 11.7. The molecule has 0 radical (unpaired) electrons. The average Bonchev–Trinajstić information content (AvgIpc) is 1.83. The van der Waals surface area contributed by atoms with Crippen LogP contribution >= 0.6 is 0 Å². The third-order valence-electron chi connectivity index (χ3n) is 1.65. The molecule has 0 aromatic heterocycles. The van der Waals surface area contributed by atoms with E-state index < -0.39 is 15.6 Å². The Labute approximate surface area is 81.2 Å². The van der Waals surface area contributed by atoms with Gasteiger partial charge in [-0.25, -0.2) is 12.7 Å². The van der Waals surface area contributed by atoms with Gasteiger partial charge in [0.05, 0.1) is 5.75 Å². The topological polar surface area (TPSA) is 63.4 Å². The Morgan fingerprint density at radius 1 is 1.23 bits per heavy atom. The van der Waals surface area contributed by atoms with E-state index in [1.165, 1.54) is 4.31 Å². The van der Waals surface area contributed by atoms with Crippen molar-refractivity contribution in [2.45, 2.75) is 33.2 Å². The monoisotopic (exact) mass is 208 g/mol. The van der Waals surface area contributed by atoms with E-state index in [2.05, 4.69) is 0 Å². The molecule has 0 rings (SSSR count). The van der Waals surface area contributed by atoms with E-state index in [1.54, 1.807) is 13.8 Å². The Balaban J connectivity index is 4.58. The zero-order valence-corrected chi connectivity index (χ0v) is 9.69. The highest BCUT2D eigenvalue weighted by Crippen LogP contribution is 2.08. The van der Waals surface area contributed by atoms with Crippen molar-refractivity contribution >= 4 is 10.0 Å². The maximum Gasteiger partial charge on any atom is 0.215 e. The van der Waals surface area contributed by atoms with Crippen LogP contribution in [0.3, 0.4) is 0 Å². The van der Waals surface area contributed by atoms with Crippen molar-refractivity contribution in [3.05, 3.63) is 0 Å². The number of hydrogen-bond acceptors (Lipinski definition) is 3. The lowest BCUT2D eigenvalue weighted by Crippen LogP contribution is -2.45. The van der Waals surface area contributed by atoms with Gasteiger partial charge in [-0.1, -0.05) is 13.8 Å². The lowest BCUT2D eigenvalue weighted by molar-refractivity contribution is 0.432. The van der Waals surface area contributed by atoms with Gasteiger partial charge in [-0.05, 0) is 13.8 Å². The molecule has 0 aromatic carbocycles. The van der Waals surface area contributed by atoms with Crippen LogP contribution in [0.1, 0.15) is 27.7 Å². The highest BCUT2D eigenvalue weighted by molar-refractivity contribution is 7.89. The summed E-state index contributed by atoms with van der Waals surface area (Å²) in [6, 6.07) is 0. The van der Waals surface area contributed by atoms with Crippen molar-refractivity contribution in [3.63, 3.8) is 0 Å².